The van der Waals surface area contributed by atoms with Gasteiger partial charge in [-0.2, -0.15) is 0 Å². The van der Waals surface area contributed by atoms with Crippen molar-refractivity contribution in [1.29, 1.82) is 0 Å². The van der Waals surface area contributed by atoms with Crippen LogP contribution < -0.4 is 29.6 Å². The van der Waals surface area contributed by atoms with Crippen LogP contribution in [0.4, 0.5) is 4.39 Å². The van der Waals surface area contributed by atoms with Crippen molar-refractivity contribution < 1.29 is 42.7 Å². The molecule has 1 unspecified atom stereocenters. The predicted octanol–water partition coefficient (Wildman–Crippen LogP) is -1.16. The monoisotopic (exact) mass is 208 g/mol. The summed E-state index contributed by atoms with van der Waals surface area (Å²) in [5.74, 6) is -0.746. The summed E-state index contributed by atoms with van der Waals surface area (Å²) in [5, 5.41) is 0.537. The molecule has 0 aromatic heterocycles. The minimum Gasteiger partial charge on any atom is -0.769 e. The van der Waals surface area contributed by atoms with Gasteiger partial charge in [0.05, 0.1) is 0 Å². The van der Waals surface area contributed by atoms with Gasteiger partial charge in [0, 0.05) is 11.0 Å². The molecule has 0 saturated carbocycles. The Bertz CT molecular complexity index is 313. The van der Waals surface area contributed by atoms with E-state index in [0.717, 1.165) is 0 Å². The molecule has 1 aromatic rings. The molecular weight excluding hydrogens is 202 g/mol. The second-order valence-electron chi connectivity index (χ2n) is 2.09. The van der Waals surface area contributed by atoms with Crippen molar-refractivity contribution in [1.82, 2.24) is 0 Å². The van der Waals surface area contributed by atoms with E-state index in [9.17, 15) is 13.2 Å². The van der Waals surface area contributed by atoms with Gasteiger partial charge < -0.3 is 4.55 Å². The smallest absolute Gasteiger partial charge is 0.769 e. The molecule has 0 bridgehead atoms. The third kappa shape index (κ3) is 4.69. The number of benzene rings is 1. The van der Waals surface area contributed by atoms with E-state index >= 15 is 0 Å². The fourth-order valence-electron chi connectivity index (χ4n) is 0.750. The zero-order valence-electron chi connectivity index (χ0n) is 7.07. The molecule has 1 aromatic carbocycles. The zero-order chi connectivity index (χ0) is 8.97. The average Bonchev–Trinajstić information content (AvgIpc) is 2.05. The van der Waals surface area contributed by atoms with Gasteiger partial charge in [0.1, 0.15) is 5.83 Å². The van der Waals surface area contributed by atoms with Crippen LogP contribution >= 0.6 is 0 Å². The Labute approximate surface area is 100 Å². The van der Waals surface area contributed by atoms with Gasteiger partial charge in [0.25, 0.3) is 0 Å². The first-order valence-electron chi connectivity index (χ1n) is 3.21. The standard InChI is InChI=1S/C8H7FO2S.Na/c9-8(6-12(10)11)7-4-2-1-3-5-7;/h1-6H,(H,10,11);/q;+1/p-1/b8-6-;. The minimum absolute atomic E-state index is 0. The number of halogens is 1. The fraction of sp³-hybridized carbons (Fsp3) is 0. The van der Waals surface area contributed by atoms with E-state index in [-0.39, 0.29) is 35.1 Å². The molecule has 64 valence electrons. The second kappa shape index (κ2) is 6.45. The van der Waals surface area contributed by atoms with Gasteiger partial charge in [-0.15, -0.1) is 0 Å². The third-order valence-electron chi connectivity index (χ3n) is 1.25. The molecule has 5 heteroatoms. The first-order chi connectivity index (χ1) is 5.70. The van der Waals surface area contributed by atoms with Crippen LogP contribution in [-0.2, 0) is 11.1 Å². The van der Waals surface area contributed by atoms with Crippen LogP contribution in [0.2, 0.25) is 0 Å². The molecular formula is C8H6FNaO2S. The van der Waals surface area contributed by atoms with Crippen molar-refractivity contribution in [3.8, 4) is 0 Å². The van der Waals surface area contributed by atoms with Gasteiger partial charge in [-0.05, 0) is 11.1 Å². The van der Waals surface area contributed by atoms with Crippen molar-refractivity contribution in [2.24, 2.45) is 0 Å². The second-order valence-corrected chi connectivity index (χ2v) is 2.85. The van der Waals surface area contributed by atoms with Gasteiger partial charge in [-0.1, -0.05) is 30.3 Å². The van der Waals surface area contributed by atoms with Crippen molar-refractivity contribution in [3.05, 3.63) is 41.3 Å². The quantitative estimate of drug-likeness (QED) is 0.454. The van der Waals surface area contributed by atoms with Crippen LogP contribution in [0.15, 0.2) is 35.7 Å². The molecule has 1 atom stereocenters. The van der Waals surface area contributed by atoms with E-state index in [1.54, 1.807) is 18.2 Å². The Morgan fingerprint density at radius 3 is 2.38 bits per heavy atom. The molecule has 0 aliphatic carbocycles. The summed E-state index contributed by atoms with van der Waals surface area (Å²) in [6, 6.07) is 8.00. The van der Waals surface area contributed by atoms with Crippen molar-refractivity contribution >= 4 is 16.9 Å². The molecule has 13 heavy (non-hydrogen) atoms. The summed E-state index contributed by atoms with van der Waals surface area (Å²) < 4.78 is 33.0. The first kappa shape index (κ1) is 13.0. The molecule has 1 rings (SSSR count). The van der Waals surface area contributed by atoms with Crippen LogP contribution in [0.1, 0.15) is 5.56 Å². The zero-order valence-corrected chi connectivity index (χ0v) is 9.88. The minimum atomic E-state index is -2.48. The predicted molar refractivity (Wildman–Crippen MR) is 44.4 cm³/mol. The Balaban J connectivity index is 0.00000144. The first-order valence-corrected chi connectivity index (χ1v) is 4.35. The molecule has 0 saturated heterocycles. The van der Waals surface area contributed by atoms with Gasteiger partial charge in [0.2, 0.25) is 0 Å². The molecule has 0 radical (unpaired) electrons. The van der Waals surface area contributed by atoms with Crippen molar-refractivity contribution in [3.63, 3.8) is 0 Å². The summed E-state index contributed by atoms with van der Waals surface area (Å²) in [7, 11) is 0. The average molecular weight is 208 g/mol. The summed E-state index contributed by atoms with van der Waals surface area (Å²) in [6.07, 6.45) is 0. The van der Waals surface area contributed by atoms with Crippen LogP contribution in [0.3, 0.4) is 0 Å². The summed E-state index contributed by atoms with van der Waals surface area (Å²) in [5.41, 5.74) is 0.265. The fourth-order valence-corrected chi connectivity index (χ4v) is 1.05. The Kier molecular flexibility index (Phi) is 6.45. The van der Waals surface area contributed by atoms with E-state index in [2.05, 4.69) is 0 Å². The van der Waals surface area contributed by atoms with E-state index in [1.807, 2.05) is 0 Å². The Morgan fingerprint density at radius 1 is 1.38 bits per heavy atom. The van der Waals surface area contributed by atoms with Gasteiger partial charge in [0.15, 0.2) is 0 Å². The molecule has 0 N–H and O–H groups in total. The van der Waals surface area contributed by atoms with Crippen molar-refractivity contribution in [2.45, 2.75) is 0 Å². The summed E-state index contributed by atoms with van der Waals surface area (Å²) in [6.45, 7) is 0. The number of hydrogen-bond donors (Lipinski definition) is 0. The molecule has 0 spiro atoms. The maximum atomic E-state index is 12.9. The van der Waals surface area contributed by atoms with E-state index < -0.39 is 16.9 Å². The number of hydrogen-bond acceptors (Lipinski definition) is 2. The van der Waals surface area contributed by atoms with E-state index in [0.29, 0.717) is 5.41 Å². The van der Waals surface area contributed by atoms with E-state index in [4.69, 9.17) is 0 Å². The van der Waals surface area contributed by atoms with Gasteiger partial charge in [-0.3, -0.25) is 4.21 Å². The van der Waals surface area contributed by atoms with E-state index in [1.165, 1.54) is 12.1 Å². The normalized spacial score (nSPS) is 13.2. The summed E-state index contributed by atoms with van der Waals surface area (Å²) >= 11 is -2.48. The Morgan fingerprint density at radius 2 is 1.92 bits per heavy atom. The molecule has 0 aliphatic heterocycles. The Hall–Kier alpha value is 0. The van der Waals surface area contributed by atoms with Crippen LogP contribution in [0.5, 0.6) is 0 Å². The molecule has 0 amide bonds. The maximum Gasteiger partial charge on any atom is 1.00 e. The topological polar surface area (TPSA) is 40.1 Å². The van der Waals surface area contributed by atoms with Crippen LogP contribution in [-0.4, -0.2) is 8.76 Å². The van der Waals surface area contributed by atoms with Crippen molar-refractivity contribution in [2.75, 3.05) is 0 Å². The summed E-state index contributed by atoms with van der Waals surface area (Å²) in [4.78, 5) is 0. The number of rotatable bonds is 2. The SMILES string of the molecule is O=S([O-])/C=C(\F)c1ccccc1.[Na+]. The van der Waals surface area contributed by atoms with Gasteiger partial charge >= 0.3 is 29.6 Å². The van der Waals surface area contributed by atoms with Crippen LogP contribution in [0, 0.1) is 0 Å². The maximum absolute atomic E-state index is 12.9. The largest absolute Gasteiger partial charge is 1.00 e. The molecule has 0 aliphatic rings. The third-order valence-corrected chi connectivity index (χ3v) is 1.65. The molecule has 2 nitrogen and oxygen atoms in total. The van der Waals surface area contributed by atoms with Gasteiger partial charge in [-0.25, -0.2) is 4.39 Å². The molecule has 0 heterocycles. The molecule has 0 fully saturated rings. The van der Waals surface area contributed by atoms with Crippen LogP contribution in [0.25, 0.3) is 5.83 Å².